The van der Waals surface area contributed by atoms with Gasteiger partial charge in [-0.2, -0.15) is 0 Å². The van der Waals surface area contributed by atoms with E-state index in [0.717, 1.165) is 6.42 Å². The normalized spacial score (nSPS) is 11.2. The maximum absolute atomic E-state index is 11.5. The summed E-state index contributed by atoms with van der Waals surface area (Å²) in [6.45, 7) is 4.90. The number of nitrogens with one attached hydrogen (secondary N) is 1. The largest absolute Gasteiger partial charge is 0.490 e. The van der Waals surface area contributed by atoms with Crippen LogP contribution in [-0.4, -0.2) is 31.7 Å². The molecule has 1 unspecified atom stereocenters. The molecule has 20 heavy (non-hydrogen) atoms. The van der Waals surface area contributed by atoms with Gasteiger partial charge in [-0.1, -0.05) is 12.1 Å². The summed E-state index contributed by atoms with van der Waals surface area (Å²) in [7, 11) is 0. The predicted octanol–water partition coefficient (Wildman–Crippen LogP) is 1.74. The molecule has 0 aliphatic rings. The van der Waals surface area contributed by atoms with Crippen molar-refractivity contribution >= 4 is 18.3 Å². The third kappa shape index (κ3) is 7.21. The average Bonchev–Trinajstić information content (AvgIpc) is 2.37. The number of amides is 1. The van der Waals surface area contributed by atoms with Crippen LogP contribution in [0.5, 0.6) is 11.5 Å². The van der Waals surface area contributed by atoms with Crippen LogP contribution in [0.25, 0.3) is 0 Å². The van der Waals surface area contributed by atoms with Crippen LogP contribution in [0.15, 0.2) is 24.3 Å². The van der Waals surface area contributed by atoms with E-state index in [4.69, 9.17) is 15.2 Å². The molecule has 0 radical (unpaired) electrons. The molecule has 1 atom stereocenters. The van der Waals surface area contributed by atoms with Crippen molar-refractivity contribution in [3.8, 4) is 11.5 Å². The molecule has 0 bridgehead atoms. The molecular formula is C14H23ClN2O3. The molecule has 1 rings (SSSR count). The van der Waals surface area contributed by atoms with Crippen molar-refractivity contribution in [1.29, 1.82) is 0 Å². The minimum absolute atomic E-state index is 0. The summed E-state index contributed by atoms with van der Waals surface area (Å²) in [4.78, 5) is 11.5. The quantitative estimate of drug-likeness (QED) is 0.767. The van der Waals surface area contributed by atoms with Crippen LogP contribution in [0, 0.1) is 0 Å². The van der Waals surface area contributed by atoms with E-state index in [2.05, 4.69) is 5.32 Å². The van der Waals surface area contributed by atoms with Crippen LogP contribution in [0.1, 0.15) is 20.3 Å². The van der Waals surface area contributed by atoms with Crippen molar-refractivity contribution in [2.45, 2.75) is 26.3 Å². The fourth-order valence-corrected chi connectivity index (χ4v) is 1.48. The SMILES string of the molecule is CCOc1ccccc1OCC(=O)NCCC(C)N.Cl. The van der Waals surface area contributed by atoms with Crippen molar-refractivity contribution in [3.05, 3.63) is 24.3 Å². The number of halogens is 1. The van der Waals surface area contributed by atoms with Gasteiger partial charge in [-0.05, 0) is 32.4 Å². The van der Waals surface area contributed by atoms with E-state index >= 15 is 0 Å². The number of carbonyl (C=O) groups excluding carboxylic acids is 1. The van der Waals surface area contributed by atoms with Crippen LogP contribution >= 0.6 is 12.4 Å². The Labute approximate surface area is 126 Å². The number of ether oxygens (including phenoxy) is 2. The van der Waals surface area contributed by atoms with Gasteiger partial charge in [0, 0.05) is 12.6 Å². The first-order valence-electron chi connectivity index (χ1n) is 6.50. The first-order chi connectivity index (χ1) is 9.13. The second-order valence-electron chi connectivity index (χ2n) is 4.28. The van der Waals surface area contributed by atoms with Crippen molar-refractivity contribution in [2.75, 3.05) is 19.8 Å². The van der Waals surface area contributed by atoms with Crippen molar-refractivity contribution in [2.24, 2.45) is 5.73 Å². The number of para-hydroxylation sites is 2. The van der Waals surface area contributed by atoms with E-state index in [-0.39, 0.29) is 31.0 Å². The molecule has 0 saturated carbocycles. The van der Waals surface area contributed by atoms with Gasteiger partial charge >= 0.3 is 0 Å². The summed E-state index contributed by atoms with van der Waals surface area (Å²) in [5.41, 5.74) is 5.60. The lowest BCUT2D eigenvalue weighted by atomic mass is 10.2. The van der Waals surface area contributed by atoms with Gasteiger partial charge < -0.3 is 20.5 Å². The summed E-state index contributed by atoms with van der Waals surface area (Å²) in [5, 5.41) is 2.75. The Kier molecular flexibility index (Phi) is 9.59. The average molecular weight is 303 g/mol. The molecule has 0 aromatic heterocycles. The van der Waals surface area contributed by atoms with Crippen LogP contribution in [0.2, 0.25) is 0 Å². The zero-order chi connectivity index (χ0) is 14.1. The van der Waals surface area contributed by atoms with Gasteiger partial charge in [0.15, 0.2) is 18.1 Å². The highest BCUT2D eigenvalue weighted by atomic mass is 35.5. The molecule has 0 aliphatic heterocycles. The van der Waals surface area contributed by atoms with Crippen molar-refractivity contribution in [1.82, 2.24) is 5.32 Å². The number of nitrogens with two attached hydrogens (primary N) is 1. The Bertz CT molecular complexity index is 400. The van der Waals surface area contributed by atoms with Gasteiger partial charge in [0.05, 0.1) is 6.61 Å². The lowest BCUT2D eigenvalue weighted by molar-refractivity contribution is -0.123. The maximum Gasteiger partial charge on any atom is 0.257 e. The molecule has 0 fully saturated rings. The van der Waals surface area contributed by atoms with E-state index in [1.165, 1.54) is 0 Å². The molecule has 0 heterocycles. The van der Waals surface area contributed by atoms with Crippen LogP contribution in [0.3, 0.4) is 0 Å². The summed E-state index contributed by atoms with van der Waals surface area (Å²) in [5.74, 6) is 1.06. The monoisotopic (exact) mass is 302 g/mol. The molecular weight excluding hydrogens is 280 g/mol. The molecule has 0 spiro atoms. The van der Waals surface area contributed by atoms with Gasteiger partial charge in [0.2, 0.25) is 0 Å². The fourth-order valence-electron chi connectivity index (χ4n) is 1.48. The number of rotatable bonds is 8. The zero-order valence-corrected chi connectivity index (χ0v) is 12.7. The number of hydrogen-bond acceptors (Lipinski definition) is 4. The first-order valence-corrected chi connectivity index (χ1v) is 6.50. The molecule has 1 aromatic carbocycles. The lowest BCUT2D eigenvalue weighted by Crippen LogP contribution is -2.32. The van der Waals surface area contributed by atoms with E-state index in [9.17, 15) is 4.79 Å². The molecule has 0 aliphatic carbocycles. The smallest absolute Gasteiger partial charge is 0.257 e. The molecule has 0 saturated heterocycles. The molecule has 1 amide bonds. The Morgan fingerprint density at radius 3 is 2.45 bits per heavy atom. The molecule has 6 heteroatoms. The minimum Gasteiger partial charge on any atom is -0.490 e. The topological polar surface area (TPSA) is 73.6 Å². The van der Waals surface area contributed by atoms with E-state index in [0.29, 0.717) is 24.7 Å². The summed E-state index contributed by atoms with van der Waals surface area (Å²) in [6.07, 6.45) is 0.751. The van der Waals surface area contributed by atoms with Crippen LogP contribution in [0.4, 0.5) is 0 Å². The number of benzene rings is 1. The Hall–Kier alpha value is -1.46. The van der Waals surface area contributed by atoms with Crippen LogP contribution < -0.4 is 20.5 Å². The van der Waals surface area contributed by atoms with Crippen molar-refractivity contribution in [3.63, 3.8) is 0 Å². The second-order valence-corrected chi connectivity index (χ2v) is 4.28. The van der Waals surface area contributed by atoms with Gasteiger partial charge in [0.1, 0.15) is 0 Å². The van der Waals surface area contributed by atoms with Gasteiger partial charge in [0.25, 0.3) is 5.91 Å². The fraction of sp³-hybridized carbons (Fsp3) is 0.500. The van der Waals surface area contributed by atoms with Gasteiger partial charge in [-0.15, -0.1) is 12.4 Å². The molecule has 114 valence electrons. The lowest BCUT2D eigenvalue weighted by Gasteiger charge is -2.12. The number of carbonyl (C=O) groups is 1. The maximum atomic E-state index is 11.5. The number of hydrogen-bond donors (Lipinski definition) is 2. The molecule has 1 aromatic rings. The highest BCUT2D eigenvalue weighted by Crippen LogP contribution is 2.26. The third-order valence-corrected chi connectivity index (χ3v) is 2.43. The second kappa shape index (κ2) is 10.3. The standard InChI is InChI=1S/C14H22N2O3.ClH/c1-3-18-12-6-4-5-7-13(12)19-10-14(17)16-9-8-11(2)15;/h4-7,11H,3,8-10,15H2,1-2H3,(H,16,17);1H. The van der Waals surface area contributed by atoms with E-state index in [1.54, 1.807) is 6.07 Å². The summed E-state index contributed by atoms with van der Waals surface area (Å²) >= 11 is 0. The minimum atomic E-state index is -0.160. The van der Waals surface area contributed by atoms with Gasteiger partial charge in [-0.25, -0.2) is 0 Å². The van der Waals surface area contributed by atoms with Gasteiger partial charge in [-0.3, -0.25) is 4.79 Å². The summed E-state index contributed by atoms with van der Waals surface area (Å²) < 4.78 is 10.8. The first kappa shape index (κ1) is 18.5. The zero-order valence-electron chi connectivity index (χ0n) is 11.9. The highest BCUT2D eigenvalue weighted by molar-refractivity contribution is 5.85. The predicted molar refractivity (Wildman–Crippen MR) is 81.6 cm³/mol. The Balaban J connectivity index is 0.00000361. The van der Waals surface area contributed by atoms with Crippen LogP contribution in [-0.2, 0) is 4.79 Å². The third-order valence-electron chi connectivity index (χ3n) is 2.43. The summed E-state index contributed by atoms with van der Waals surface area (Å²) in [6, 6.07) is 7.37. The highest BCUT2D eigenvalue weighted by Gasteiger charge is 2.07. The Morgan fingerprint density at radius 1 is 1.30 bits per heavy atom. The van der Waals surface area contributed by atoms with E-state index < -0.39 is 0 Å². The molecule has 3 N–H and O–H groups in total. The van der Waals surface area contributed by atoms with E-state index in [1.807, 2.05) is 32.0 Å². The van der Waals surface area contributed by atoms with Crippen molar-refractivity contribution < 1.29 is 14.3 Å². The molecule has 5 nitrogen and oxygen atoms in total. The Morgan fingerprint density at radius 2 is 1.90 bits per heavy atom.